The molecule has 1 aromatic rings. The molecule has 0 bridgehead atoms. The summed E-state index contributed by atoms with van der Waals surface area (Å²) in [6, 6.07) is 4.54. The number of carbonyl (C=O) groups excluding carboxylic acids is 2. The Kier molecular flexibility index (Phi) is 6.07. The zero-order chi connectivity index (χ0) is 17.8. The lowest BCUT2D eigenvalue weighted by Crippen LogP contribution is -2.51. The first kappa shape index (κ1) is 19.3. The first-order valence-corrected chi connectivity index (χ1v) is 8.77. The van der Waals surface area contributed by atoms with E-state index in [9.17, 15) is 18.0 Å². The van der Waals surface area contributed by atoms with E-state index < -0.39 is 33.2 Å². The number of esters is 1. The number of nitrogens with one attached hydrogen (secondary N) is 1. The highest BCUT2D eigenvalue weighted by atomic mass is 32.2. The molecule has 7 heteroatoms. The number of hydrogen-bond donors (Lipinski definition) is 1. The van der Waals surface area contributed by atoms with E-state index in [4.69, 9.17) is 4.74 Å². The van der Waals surface area contributed by atoms with Gasteiger partial charge in [0.2, 0.25) is 10.0 Å². The van der Waals surface area contributed by atoms with Crippen LogP contribution in [0.15, 0.2) is 29.2 Å². The zero-order valence-corrected chi connectivity index (χ0v) is 14.9. The molecule has 0 fully saturated rings. The lowest BCUT2D eigenvalue weighted by molar-refractivity contribution is -0.150. The molecular formula is C16H23NO5S. The highest BCUT2D eigenvalue weighted by Gasteiger charge is 2.38. The van der Waals surface area contributed by atoms with Crippen LogP contribution in [0.1, 0.15) is 33.3 Å². The third-order valence-electron chi connectivity index (χ3n) is 3.13. The minimum absolute atomic E-state index is 0.0147. The van der Waals surface area contributed by atoms with Crippen molar-refractivity contribution < 1.29 is 22.7 Å². The first-order valence-electron chi connectivity index (χ1n) is 7.29. The second-order valence-corrected chi connectivity index (χ2v) is 7.95. The molecule has 0 saturated carbocycles. The third kappa shape index (κ3) is 5.14. The van der Waals surface area contributed by atoms with Crippen molar-refractivity contribution in [2.45, 2.75) is 45.6 Å². The van der Waals surface area contributed by atoms with Crippen LogP contribution in [0.2, 0.25) is 0 Å². The number of aryl methyl sites for hydroxylation is 1. The number of carbonyl (C=O) groups is 2. The van der Waals surface area contributed by atoms with Gasteiger partial charge in [-0.25, -0.2) is 13.2 Å². The predicted octanol–water partition coefficient (Wildman–Crippen LogP) is 1.82. The van der Waals surface area contributed by atoms with E-state index >= 15 is 0 Å². The van der Waals surface area contributed by atoms with Crippen LogP contribution in [0.4, 0.5) is 0 Å². The predicted molar refractivity (Wildman–Crippen MR) is 86.4 cm³/mol. The number of ether oxygens (including phenoxy) is 1. The second kappa shape index (κ2) is 7.23. The molecule has 0 aliphatic heterocycles. The van der Waals surface area contributed by atoms with Crippen molar-refractivity contribution in [1.29, 1.82) is 0 Å². The summed E-state index contributed by atoms with van der Waals surface area (Å²) in [5.41, 5.74) is 0.00407. The van der Waals surface area contributed by atoms with Crippen LogP contribution in [0, 0.1) is 12.3 Å². The maximum absolute atomic E-state index is 12.4. The average Bonchev–Trinajstić information content (AvgIpc) is 2.43. The van der Waals surface area contributed by atoms with Crippen molar-refractivity contribution in [2.75, 3.05) is 6.61 Å². The minimum atomic E-state index is -4.02. The fraction of sp³-hybridized carbons (Fsp3) is 0.500. The van der Waals surface area contributed by atoms with Crippen LogP contribution in [0.3, 0.4) is 0 Å². The van der Waals surface area contributed by atoms with Gasteiger partial charge in [0.1, 0.15) is 0 Å². The van der Waals surface area contributed by atoms with Gasteiger partial charge in [-0.3, -0.25) is 4.79 Å². The summed E-state index contributed by atoms with van der Waals surface area (Å²) in [5, 5.41) is 0. The molecule has 0 aromatic heterocycles. The van der Waals surface area contributed by atoms with Gasteiger partial charge in [0.15, 0.2) is 11.8 Å². The van der Waals surface area contributed by atoms with Crippen LogP contribution < -0.4 is 4.72 Å². The molecule has 0 radical (unpaired) electrons. The number of Topliss-reactive ketones (excluding diaryl/α,β-unsaturated/α-hetero) is 1. The molecule has 1 atom stereocenters. The van der Waals surface area contributed by atoms with E-state index in [1.165, 1.54) is 12.1 Å². The van der Waals surface area contributed by atoms with Gasteiger partial charge in [-0.15, -0.1) is 0 Å². The van der Waals surface area contributed by atoms with E-state index in [-0.39, 0.29) is 11.5 Å². The summed E-state index contributed by atoms with van der Waals surface area (Å²) in [6.07, 6.45) is 0. The fourth-order valence-corrected chi connectivity index (χ4v) is 2.95. The summed E-state index contributed by atoms with van der Waals surface area (Å²) in [7, 11) is -4.02. The van der Waals surface area contributed by atoms with Gasteiger partial charge < -0.3 is 4.74 Å². The number of rotatable bonds is 6. The lowest BCUT2D eigenvalue weighted by Gasteiger charge is -2.24. The largest absolute Gasteiger partial charge is 0.464 e. The molecule has 0 aliphatic rings. The lowest BCUT2D eigenvalue weighted by atomic mass is 9.87. The van der Waals surface area contributed by atoms with Crippen LogP contribution in [0.25, 0.3) is 0 Å². The number of ketones is 1. The van der Waals surface area contributed by atoms with Gasteiger partial charge in [0.25, 0.3) is 0 Å². The molecule has 6 nitrogen and oxygen atoms in total. The molecule has 1 aromatic carbocycles. The first-order chi connectivity index (χ1) is 10.5. The molecule has 0 spiro atoms. The molecule has 0 heterocycles. The van der Waals surface area contributed by atoms with E-state index in [0.717, 1.165) is 5.56 Å². The van der Waals surface area contributed by atoms with Crippen molar-refractivity contribution in [3.05, 3.63) is 29.8 Å². The Morgan fingerprint density at radius 2 is 1.70 bits per heavy atom. The smallest absolute Gasteiger partial charge is 0.331 e. The third-order valence-corrected chi connectivity index (χ3v) is 4.57. The van der Waals surface area contributed by atoms with Gasteiger partial charge in [-0.1, -0.05) is 38.5 Å². The Balaban J connectivity index is 3.16. The molecule has 1 unspecified atom stereocenters. The Bertz CT molecular complexity index is 671. The quantitative estimate of drug-likeness (QED) is 0.630. The van der Waals surface area contributed by atoms with Crippen LogP contribution >= 0.6 is 0 Å². The average molecular weight is 341 g/mol. The molecule has 128 valence electrons. The molecule has 1 N–H and O–H groups in total. The van der Waals surface area contributed by atoms with E-state index in [1.54, 1.807) is 39.8 Å². The Labute approximate surface area is 137 Å². The number of hydrogen-bond acceptors (Lipinski definition) is 5. The van der Waals surface area contributed by atoms with Crippen LogP contribution in [-0.4, -0.2) is 32.8 Å². The summed E-state index contributed by atoms with van der Waals surface area (Å²) in [4.78, 5) is 24.4. The summed E-state index contributed by atoms with van der Waals surface area (Å²) in [6.45, 7) is 8.31. The molecule has 0 saturated heterocycles. The fourth-order valence-electron chi connectivity index (χ4n) is 1.81. The van der Waals surface area contributed by atoms with E-state index in [0.29, 0.717) is 0 Å². The molecular weight excluding hydrogens is 318 g/mol. The number of sulfonamides is 1. The Hall–Kier alpha value is -1.73. The van der Waals surface area contributed by atoms with Crippen LogP contribution in [-0.2, 0) is 24.3 Å². The highest BCUT2D eigenvalue weighted by Crippen LogP contribution is 2.19. The van der Waals surface area contributed by atoms with Gasteiger partial charge in [-0.05, 0) is 26.0 Å². The maximum atomic E-state index is 12.4. The van der Waals surface area contributed by atoms with Gasteiger partial charge in [0, 0.05) is 5.41 Å². The minimum Gasteiger partial charge on any atom is -0.464 e. The zero-order valence-electron chi connectivity index (χ0n) is 14.0. The van der Waals surface area contributed by atoms with Crippen LogP contribution in [0.5, 0.6) is 0 Å². The summed E-state index contributed by atoms with van der Waals surface area (Å²) >= 11 is 0. The molecule has 0 aliphatic carbocycles. The Morgan fingerprint density at radius 1 is 1.17 bits per heavy atom. The van der Waals surface area contributed by atoms with Gasteiger partial charge >= 0.3 is 5.97 Å². The topological polar surface area (TPSA) is 89.5 Å². The van der Waals surface area contributed by atoms with Crippen molar-refractivity contribution in [3.8, 4) is 0 Å². The molecule has 23 heavy (non-hydrogen) atoms. The van der Waals surface area contributed by atoms with Crippen molar-refractivity contribution in [3.63, 3.8) is 0 Å². The normalized spacial score (nSPS) is 13.4. The van der Waals surface area contributed by atoms with Gasteiger partial charge in [-0.2, -0.15) is 4.72 Å². The van der Waals surface area contributed by atoms with E-state index in [1.807, 2.05) is 6.92 Å². The maximum Gasteiger partial charge on any atom is 0.331 e. The van der Waals surface area contributed by atoms with Crippen molar-refractivity contribution in [2.24, 2.45) is 5.41 Å². The summed E-state index contributed by atoms with van der Waals surface area (Å²) in [5.74, 6) is -1.45. The van der Waals surface area contributed by atoms with E-state index in [2.05, 4.69) is 4.72 Å². The standard InChI is InChI=1S/C16H23NO5S/c1-6-22-15(19)13(14(18)16(3,4)5)17-23(20,21)12-9-7-11(2)8-10-12/h7-10,13,17H,6H2,1-5H3. The number of benzene rings is 1. The summed E-state index contributed by atoms with van der Waals surface area (Å²) < 4.78 is 31.8. The highest BCUT2D eigenvalue weighted by molar-refractivity contribution is 7.89. The van der Waals surface area contributed by atoms with Gasteiger partial charge in [0.05, 0.1) is 11.5 Å². The molecule has 0 amide bonds. The monoisotopic (exact) mass is 341 g/mol. The van der Waals surface area contributed by atoms with Crippen molar-refractivity contribution in [1.82, 2.24) is 4.72 Å². The molecule has 1 rings (SSSR count). The SMILES string of the molecule is CCOC(=O)C(NS(=O)(=O)c1ccc(C)cc1)C(=O)C(C)(C)C. The Morgan fingerprint density at radius 3 is 2.13 bits per heavy atom. The van der Waals surface area contributed by atoms with Crippen molar-refractivity contribution >= 4 is 21.8 Å². The second-order valence-electron chi connectivity index (χ2n) is 6.23.